The van der Waals surface area contributed by atoms with Crippen molar-refractivity contribution in [3.8, 4) is 0 Å². The van der Waals surface area contributed by atoms with Crippen LogP contribution in [0.15, 0.2) is 11.5 Å². The molecule has 0 aliphatic carbocycles. The summed E-state index contributed by atoms with van der Waals surface area (Å²) in [5.74, 6) is -1.04. The highest BCUT2D eigenvalue weighted by Gasteiger charge is 1.88. The van der Waals surface area contributed by atoms with Gasteiger partial charge in [-0.3, -0.25) is 4.79 Å². The number of hydrogen-bond acceptors (Lipinski definition) is 3. The maximum atomic E-state index is 10.1. The number of aliphatic carboxylic acids is 1. The van der Waals surface area contributed by atoms with E-state index in [9.17, 15) is 9.59 Å². The van der Waals surface area contributed by atoms with Gasteiger partial charge in [0.15, 0.2) is 5.12 Å². The minimum Gasteiger partial charge on any atom is -0.478 e. The maximum absolute atomic E-state index is 10.1. The molecule has 0 atom stereocenters. The molecule has 0 radical (unpaired) electrons. The summed E-state index contributed by atoms with van der Waals surface area (Å²) in [5, 5.41) is 9.14. The molecule has 0 bridgehead atoms. The lowest BCUT2D eigenvalue weighted by molar-refractivity contribution is -0.131. The number of carboxylic acids is 1. The van der Waals surface area contributed by atoms with E-state index in [0.717, 1.165) is 17.8 Å². The first-order valence-electron chi connectivity index (χ1n) is 2.19. The van der Waals surface area contributed by atoms with Gasteiger partial charge >= 0.3 is 5.97 Å². The highest BCUT2D eigenvalue weighted by atomic mass is 32.2. The summed E-state index contributed by atoms with van der Waals surface area (Å²) < 4.78 is 0. The van der Waals surface area contributed by atoms with Crippen molar-refractivity contribution in [1.82, 2.24) is 0 Å². The Hall–Kier alpha value is -0.770. The summed E-state index contributed by atoms with van der Waals surface area (Å²) in [7, 11) is 0. The molecule has 0 aliphatic heterocycles. The van der Waals surface area contributed by atoms with Gasteiger partial charge in [0, 0.05) is 13.0 Å². The lowest BCUT2D eigenvalue weighted by atomic mass is 10.7. The van der Waals surface area contributed by atoms with E-state index in [0.29, 0.717) is 0 Å². The van der Waals surface area contributed by atoms with Gasteiger partial charge in [0.05, 0.1) is 0 Å². The van der Waals surface area contributed by atoms with Gasteiger partial charge in [-0.25, -0.2) is 4.79 Å². The van der Waals surface area contributed by atoms with Gasteiger partial charge in [-0.1, -0.05) is 11.8 Å². The van der Waals surface area contributed by atoms with Crippen LogP contribution in [0.4, 0.5) is 0 Å². The Morgan fingerprint density at radius 2 is 2.11 bits per heavy atom. The molecule has 0 saturated heterocycles. The molecule has 0 rings (SSSR count). The third-order valence-electron chi connectivity index (χ3n) is 0.445. The fourth-order valence-electron chi connectivity index (χ4n) is 0.188. The molecule has 0 unspecified atom stereocenters. The lowest BCUT2D eigenvalue weighted by Gasteiger charge is -1.80. The molecule has 0 amide bonds. The Balaban J connectivity index is 3.48. The van der Waals surface area contributed by atoms with Crippen LogP contribution in [-0.4, -0.2) is 16.2 Å². The number of carbonyl (C=O) groups is 2. The van der Waals surface area contributed by atoms with Crippen LogP contribution in [-0.2, 0) is 9.59 Å². The molecule has 0 saturated carbocycles. The quantitative estimate of drug-likeness (QED) is 0.587. The fraction of sp³-hybridized carbons (Fsp3) is 0.200. The van der Waals surface area contributed by atoms with Crippen LogP contribution in [0.3, 0.4) is 0 Å². The van der Waals surface area contributed by atoms with Crippen molar-refractivity contribution >= 4 is 22.8 Å². The summed E-state index contributed by atoms with van der Waals surface area (Å²) in [4.78, 5) is 19.9. The van der Waals surface area contributed by atoms with Gasteiger partial charge in [0.2, 0.25) is 0 Å². The van der Waals surface area contributed by atoms with Crippen molar-refractivity contribution in [3.63, 3.8) is 0 Å². The molecule has 0 heterocycles. The Kier molecular flexibility index (Phi) is 3.79. The van der Waals surface area contributed by atoms with Crippen LogP contribution in [0, 0.1) is 0 Å². The molecular formula is C5H6O3S. The van der Waals surface area contributed by atoms with E-state index in [2.05, 4.69) is 0 Å². The Morgan fingerprint density at radius 1 is 1.56 bits per heavy atom. The largest absolute Gasteiger partial charge is 0.478 e. The van der Waals surface area contributed by atoms with E-state index in [1.165, 1.54) is 12.3 Å². The Labute approximate surface area is 56.7 Å². The zero-order valence-electron chi connectivity index (χ0n) is 4.83. The predicted molar refractivity (Wildman–Crippen MR) is 35.0 cm³/mol. The second-order valence-corrected chi connectivity index (χ2v) is 2.33. The predicted octanol–water partition coefficient (Wildman–Crippen LogP) is 0.864. The zero-order valence-corrected chi connectivity index (χ0v) is 5.64. The number of rotatable bonds is 2. The number of carbonyl (C=O) groups excluding carboxylic acids is 1. The number of thioether (sulfide) groups is 1. The SMILES string of the molecule is CC(=O)S/C=C\C(=O)O. The summed E-state index contributed by atoms with van der Waals surface area (Å²) in [6.07, 6.45) is 0.923. The average molecular weight is 146 g/mol. The van der Waals surface area contributed by atoms with Gasteiger partial charge < -0.3 is 5.11 Å². The minimum absolute atomic E-state index is 0.118. The highest BCUT2D eigenvalue weighted by molar-refractivity contribution is 8.16. The van der Waals surface area contributed by atoms with E-state index in [-0.39, 0.29) is 5.12 Å². The molecule has 1 N–H and O–H groups in total. The molecule has 0 spiro atoms. The van der Waals surface area contributed by atoms with E-state index in [4.69, 9.17) is 5.11 Å². The second kappa shape index (κ2) is 4.14. The summed E-state index contributed by atoms with van der Waals surface area (Å²) in [5.41, 5.74) is 0. The van der Waals surface area contributed by atoms with Crippen molar-refractivity contribution in [2.45, 2.75) is 6.92 Å². The maximum Gasteiger partial charge on any atom is 0.328 e. The van der Waals surface area contributed by atoms with Crippen LogP contribution in [0.1, 0.15) is 6.92 Å². The molecule has 3 nitrogen and oxygen atoms in total. The van der Waals surface area contributed by atoms with Gasteiger partial charge in [-0.2, -0.15) is 0 Å². The highest BCUT2D eigenvalue weighted by Crippen LogP contribution is 2.01. The second-order valence-electron chi connectivity index (χ2n) is 1.25. The molecule has 0 aromatic heterocycles. The van der Waals surface area contributed by atoms with E-state index in [1.807, 2.05) is 0 Å². The molecule has 0 fully saturated rings. The summed E-state index contributed by atoms with van der Waals surface area (Å²) in [6, 6.07) is 0. The smallest absolute Gasteiger partial charge is 0.328 e. The van der Waals surface area contributed by atoms with E-state index in [1.54, 1.807) is 0 Å². The normalized spacial score (nSPS) is 9.89. The van der Waals surface area contributed by atoms with Gasteiger partial charge in [-0.05, 0) is 5.41 Å². The monoisotopic (exact) mass is 146 g/mol. The lowest BCUT2D eigenvalue weighted by Crippen LogP contribution is -1.85. The van der Waals surface area contributed by atoms with Gasteiger partial charge in [-0.15, -0.1) is 0 Å². The van der Waals surface area contributed by atoms with Crippen LogP contribution >= 0.6 is 11.8 Å². The Bertz CT molecular complexity index is 150. The van der Waals surface area contributed by atoms with Crippen LogP contribution in [0.5, 0.6) is 0 Å². The van der Waals surface area contributed by atoms with Crippen LogP contribution < -0.4 is 0 Å². The van der Waals surface area contributed by atoms with Crippen LogP contribution in [0.25, 0.3) is 0 Å². The Morgan fingerprint density at radius 3 is 2.44 bits per heavy atom. The van der Waals surface area contributed by atoms with Crippen molar-refractivity contribution in [3.05, 3.63) is 11.5 Å². The first-order chi connectivity index (χ1) is 4.13. The molecule has 9 heavy (non-hydrogen) atoms. The van der Waals surface area contributed by atoms with Crippen molar-refractivity contribution in [2.24, 2.45) is 0 Å². The average Bonchev–Trinajstić information content (AvgIpc) is 1.63. The first-order valence-corrected chi connectivity index (χ1v) is 3.07. The third kappa shape index (κ3) is 7.23. The van der Waals surface area contributed by atoms with Crippen molar-refractivity contribution in [1.29, 1.82) is 0 Å². The number of hydrogen-bond donors (Lipinski definition) is 1. The van der Waals surface area contributed by atoms with Gasteiger partial charge in [0.1, 0.15) is 0 Å². The minimum atomic E-state index is -1.04. The molecule has 0 aromatic carbocycles. The third-order valence-corrected chi connectivity index (χ3v) is 1.05. The fourth-order valence-corrected chi connectivity index (χ4v) is 0.564. The molecule has 4 heteroatoms. The van der Waals surface area contributed by atoms with Gasteiger partial charge in [0.25, 0.3) is 0 Å². The summed E-state index contributed by atoms with van der Waals surface area (Å²) in [6.45, 7) is 1.37. The molecule has 0 aliphatic rings. The van der Waals surface area contributed by atoms with E-state index < -0.39 is 5.97 Å². The summed E-state index contributed by atoms with van der Waals surface area (Å²) >= 11 is 0.859. The van der Waals surface area contributed by atoms with Crippen LogP contribution in [0.2, 0.25) is 0 Å². The van der Waals surface area contributed by atoms with E-state index >= 15 is 0 Å². The molecule has 0 aromatic rings. The van der Waals surface area contributed by atoms with Crippen molar-refractivity contribution in [2.75, 3.05) is 0 Å². The number of carboxylic acid groups (broad SMARTS) is 1. The molecular weight excluding hydrogens is 140 g/mol. The topological polar surface area (TPSA) is 54.4 Å². The first kappa shape index (κ1) is 8.23. The standard InChI is InChI=1S/C5H6O3S/c1-4(6)9-3-2-5(7)8/h2-3H,1H3,(H,7,8)/b3-2-. The molecule has 50 valence electrons. The zero-order chi connectivity index (χ0) is 7.28. The van der Waals surface area contributed by atoms with Crippen molar-refractivity contribution < 1.29 is 14.7 Å².